The van der Waals surface area contributed by atoms with E-state index in [-0.39, 0.29) is 5.41 Å². The molecule has 22 aromatic carbocycles. The molecule has 9 nitrogen and oxygen atoms in total. The minimum atomic E-state index is -0.0777. The summed E-state index contributed by atoms with van der Waals surface area (Å²) in [5.41, 5.74) is 40.2. The third-order valence-electron chi connectivity index (χ3n) is 30.4. The molecule has 0 bridgehead atoms. The normalized spacial score (nSPS) is 12.6. The van der Waals surface area contributed by atoms with E-state index in [1.165, 1.54) is 121 Å². The minimum absolute atomic E-state index is 0.0777. The number of aromatic nitrogens is 3. The van der Waals surface area contributed by atoms with Crippen LogP contribution in [0.15, 0.2) is 494 Å². The van der Waals surface area contributed by atoms with Gasteiger partial charge in [-0.3, -0.25) is 0 Å². The second-order valence-electron chi connectivity index (χ2n) is 38.6. The van der Waals surface area contributed by atoms with Crippen LogP contribution >= 0.6 is 0 Å². The number of benzene rings is 22. The Morgan fingerprint density at radius 3 is 0.833 bits per heavy atom. The van der Waals surface area contributed by atoms with E-state index < -0.39 is 0 Å². The van der Waals surface area contributed by atoms with E-state index in [2.05, 4.69) is 440 Å². The lowest BCUT2D eigenvalue weighted by Crippen LogP contribution is -2.14. The summed E-state index contributed by atoms with van der Waals surface area (Å²) in [6, 6.07) is 166. The minimum Gasteiger partial charge on any atom is -0.456 e. The highest BCUT2D eigenvalue weighted by atomic mass is 16.3. The van der Waals surface area contributed by atoms with Gasteiger partial charge in [0.2, 0.25) is 0 Å². The summed E-state index contributed by atoms with van der Waals surface area (Å²) in [4.78, 5) is 0. The lowest BCUT2D eigenvalue weighted by molar-refractivity contribution is 0.661. The Hall–Kier alpha value is -19.0. The lowest BCUT2D eigenvalue weighted by Gasteiger charge is -2.21. The topological polar surface area (TPSA) is 93.6 Å². The summed E-state index contributed by atoms with van der Waals surface area (Å²) >= 11 is 0. The Kier molecular flexibility index (Phi) is 17.8. The molecule has 9 heteroatoms. The molecule has 0 saturated carbocycles. The van der Waals surface area contributed by atoms with Crippen LogP contribution < -0.4 is 0 Å². The van der Waals surface area contributed by atoms with Crippen LogP contribution in [-0.4, -0.2) is 13.7 Å². The van der Waals surface area contributed by atoms with Gasteiger partial charge >= 0.3 is 0 Å². The van der Waals surface area contributed by atoms with Crippen LogP contribution in [0.25, 0.3) is 292 Å². The predicted molar refractivity (Wildman–Crippen MR) is 596 cm³/mol. The SMILES string of the molecule is CC1(C)c2ccccc2-c2cc3c4ccccc4n(-c4ccc5oc6c(-c7cccc8oc9ccccc9c78)cccc6c5c4)c3cc21.c1ccc(-c2ccc3c(c2)c2cc(-c4ccccc4)ccc2n3-c2ccc3oc4c(-c5cccc6oc7ccccc7c56)cccc4c3c2)cc1.c1ccc(-c2ccc3c(c2)c2ccccc2n3-c2ccc3oc4c(-c5cccc6oc7ccccc7c56)cccc4c3c2)cc1. The summed E-state index contributed by atoms with van der Waals surface area (Å²) in [5.74, 6) is 0. The number of hydrogen-bond acceptors (Lipinski definition) is 6. The number of hydrogen-bond donors (Lipinski definition) is 0. The third-order valence-corrected chi connectivity index (χ3v) is 30.4. The van der Waals surface area contributed by atoms with Gasteiger partial charge < -0.3 is 40.2 Å². The van der Waals surface area contributed by atoms with Crippen molar-refractivity contribution >= 4 is 197 Å². The van der Waals surface area contributed by atoms with E-state index in [9.17, 15) is 0 Å². The highest BCUT2D eigenvalue weighted by molar-refractivity contribution is 6.23. The van der Waals surface area contributed by atoms with Gasteiger partial charge in [-0.25, -0.2) is 0 Å². The monoisotopic (exact) mass is 1840 g/mol. The fraction of sp³-hybridized carbons (Fsp3) is 0.0222. The van der Waals surface area contributed by atoms with Crippen molar-refractivity contribution in [2.75, 3.05) is 0 Å². The number of rotatable bonds is 9. The van der Waals surface area contributed by atoms with E-state index in [4.69, 9.17) is 26.5 Å². The first kappa shape index (κ1) is 81.1. The lowest BCUT2D eigenvalue weighted by atomic mass is 9.82. The van der Waals surface area contributed by atoms with Crippen LogP contribution in [0.5, 0.6) is 0 Å². The Labute approximate surface area is 824 Å². The van der Waals surface area contributed by atoms with Crippen molar-refractivity contribution in [1.82, 2.24) is 13.7 Å². The standard InChI is InChI=1S/C48H29NO2.C45H29NO2.C42H25NO2/c1-3-11-30(12-4-1)32-21-24-42-39(27-32)40-28-33(31-13-5-2-6-14-31)22-25-43(40)49(42)34-23-26-45-41(29-34)37-18-9-17-36(48(37)51-45)35-16-10-20-46-47(35)38-15-7-8-19-44(38)50-46;1-45(2)36-17-6-3-11-27(36)33-24-34-28-12-4-7-18-38(28)46(39(34)25-37(33)45)26-21-22-41-35(23-26)31-16-9-15-30(44(31)48-41)29-14-10-20-42-43(29)32-13-5-8-19-40(32)47-42;1-2-10-26(11-3-1)27-20-22-37-34(24-27)29-12-4-6-17-36(29)43(37)28-21-23-39-35(25-28)32-16-8-15-31(42(32)45-39)30-14-9-19-40-41(30)33-13-5-7-18-38(33)44-40/h1-29H;3-25H,1-2H3;1-25H. The van der Waals surface area contributed by atoms with Crippen LogP contribution in [0.2, 0.25) is 0 Å². The molecule has 32 rings (SSSR count). The van der Waals surface area contributed by atoms with Crippen molar-refractivity contribution in [1.29, 1.82) is 0 Å². The zero-order valence-corrected chi connectivity index (χ0v) is 78.2. The van der Waals surface area contributed by atoms with Crippen LogP contribution in [0.3, 0.4) is 0 Å². The first-order valence-corrected chi connectivity index (χ1v) is 49.2. The van der Waals surface area contributed by atoms with Crippen LogP contribution in [0.4, 0.5) is 0 Å². The van der Waals surface area contributed by atoms with Gasteiger partial charge in [0.1, 0.15) is 67.0 Å². The van der Waals surface area contributed by atoms with E-state index in [0.717, 1.165) is 182 Å². The number of furan rings is 6. The highest BCUT2D eigenvalue weighted by Crippen LogP contribution is 2.54. The Bertz CT molecular complexity index is 10700. The fourth-order valence-electron chi connectivity index (χ4n) is 23.8. The van der Waals surface area contributed by atoms with Crippen molar-refractivity contribution in [2.24, 2.45) is 0 Å². The molecule has 0 spiro atoms. The smallest absolute Gasteiger partial charge is 0.143 e. The number of nitrogens with zero attached hydrogens (tertiary/aromatic N) is 3. The van der Waals surface area contributed by atoms with Crippen LogP contribution in [0, 0.1) is 0 Å². The second-order valence-corrected chi connectivity index (χ2v) is 38.6. The first-order valence-electron chi connectivity index (χ1n) is 49.2. The number of fused-ring (bicyclic) bond motifs is 30. The molecule has 0 atom stereocenters. The Morgan fingerprint density at radius 2 is 0.438 bits per heavy atom. The fourth-order valence-corrected chi connectivity index (χ4v) is 23.8. The Balaban J connectivity index is 0.000000101. The molecular formula is C135H83N3O6. The molecule has 9 heterocycles. The summed E-state index contributed by atoms with van der Waals surface area (Å²) in [5, 5.41) is 20.7. The van der Waals surface area contributed by atoms with Gasteiger partial charge in [0.15, 0.2) is 0 Å². The van der Waals surface area contributed by atoms with Crippen molar-refractivity contribution in [3.63, 3.8) is 0 Å². The van der Waals surface area contributed by atoms with Crippen molar-refractivity contribution < 1.29 is 26.5 Å². The van der Waals surface area contributed by atoms with Gasteiger partial charge in [-0.1, -0.05) is 329 Å². The van der Waals surface area contributed by atoms with Gasteiger partial charge in [0.05, 0.1) is 33.1 Å². The largest absolute Gasteiger partial charge is 0.456 e. The van der Waals surface area contributed by atoms with E-state index >= 15 is 0 Å². The van der Waals surface area contributed by atoms with Crippen LogP contribution in [0.1, 0.15) is 25.0 Å². The van der Waals surface area contributed by atoms with Gasteiger partial charge in [0.25, 0.3) is 0 Å². The molecule has 0 saturated heterocycles. The molecule has 0 radical (unpaired) electrons. The first-order chi connectivity index (χ1) is 71.2. The maximum absolute atomic E-state index is 6.71. The molecule has 9 aromatic heterocycles. The van der Waals surface area contributed by atoms with E-state index in [0.29, 0.717) is 0 Å². The molecule has 1 aliphatic carbocycles. The molecule has 0 N–H and O–H groups in total. The molecule has 0 unspecified atom stereocenters. The van der Waals surface area contributed by atoms with E-state index in [1.807, 2.05) is 54.6 Å². The molecule has 1 aliphatic rings. The molecule has 0 amide bonds. The maximum atomic E-state index is 6.71. The average Bonchev–Trinajstić information content (AvgIpc) is 1.55. The quantitative estimate of drug-likeness (QED) is 0.143. The average molecular weight is 1840 g/mol. The summed E-state index contributed by atoms with van der Waals surface area (Å²) in [6.45, 7) is 4.70. The van der Waals surface area contributed by atoms with E-state index in [1.54, 1.807) is 0 Å². The third kappa shape index (κ3) is 12.4. The zero-order valence-electron chi connectivity index (χ0n) is 78.2. The Morgan fingerprint density at radius 1 is 0.153 bits per heavy atom. The summed E-state index contributed by atoms with van der Waals surface area (Å²) in [7, 11) is 0. The van der Waals surface area contributed by atoms with Gasteiger partial charge in [-0.05, 0) is 224 Å². The second kappa shape index (κ2) is 31.5. The van der Waals surface area contributed by atoms with Crippen molar-refractivity contribution in [2.45, 2.75) is 19.3 Å². The zero-order chi connectivity index (χ0) is 94.7. The van der Waals surface area contributed by atoms with Gasteiger partial charge in [-0.15, -0.1) is 0 Å². The number of para-hydroxylation sites is 8. The summed E-state index contributed by atoms with van der Waals surface area (Å²) in [6.07, 6.45) is 0. The molecule has 0 aliphatic heterocycles. The van der Waals surface area contributed by atoms with Crippen LogP contribution in [-0.2, 0) is 5.41 Å². The molecule has 0 fully saturated rings. The van der Waals surface area contributed by atoms with Crippen molar-refractivity contribution in [3.05, 3.63) is 478 Å². The predicted octanol–water partition coefficient (Wildman–Crippen LogP) is 38.1. The van der Waals surface area contributed by atoms with Gasteiger partial charge in [0, 0.05) is 136 Å². The van der Waals surface area contributed by atoms with Crippen molar-refractivity contribution in [3.8, 4) is 95.0 Å². The summed E-state index contributed by atoms with van der Waals surface area (Å²) < 4.78 is 46.0. The van der Waals surface area contributed by atoms with Gasteiger partial charge in [-0.2, -0.15) is 0 Å². The molecule has 144 heavy (non-hydrogen) atoms. The molecule has 31 aromatic rings. The molecule has 674 valence electrons. The molecular weight excluding hydrogens is 1760 g/mol. The maximum Gasteiger partial charge on any atom is 0.143 e. The highest BCUT2D eigenvalue weighted by Gasteiger charge is 2.37.